The van der Waals surface area contributed by atoms with Gasteiger partial charge >= 0.3 is 5.97 Å². The van der Waals surface area contributed by atoms with E-state index in [4.69, 9.17) is 25.9 Å². The summed E-state index contributed by atoms with van der Waals surface area (Å²) in [5, 5.41) is 9.85. The molecule has 0 amide bonds. The van der Waals surface area contributed by atoms with Crippen LogP contribution in [0.15, 0.2) is 52.9 Å². The third-order valence-electron chi connectivity index (χ3n) is 4.65. The van der Waals surface area contributed by atoms with Crippen LogP contribution in [0.25, 0.3) is 23.5 Å². The largest absolute Gasteiger partial charge is 0.479 e. The minimum Gasteiger partial charge on any atom is -0.479 e. The highest BCUT2D eigenvalue weighted by Gasteiger charge is 2.17. The quantitative estimate of drug-likeness (QED) is 0.474. The average molecular weight is 411 g/mol. The molecule has 3 rings (SSSR count). The lowest BCUT2D eigenvalue weighted by molar-refractivity contribution is -0.145. The first-order valence-electron chi connectivity index (χ1n) is 9.42. The number of rotatable bonds is 7. The molecule has 3 aromatic rings. The smallest absolute Gasteiger partial charge is 0.344 e. The highest BCUT2D eigenvalue weighted by atomic mass is 35.5. The zero-order chi connectivity index (χ0) is 21.0. The highest BCUT2D eigenvalue weighted by Crippen LogP contribution is 2.28. The van der Waals surface area contributed by atoms with Gasteiger partial charge in [0.2, 0.25) is 0 Å². The predicted octanol–water partition coefficient (Wildman–Crippen LogP) is 6.63. The number of aryl methyl sites for hydroxylation is 2. The molecule has 1 aromatic heterocycles. The van der Waals surface area contributed by atoms with Crippen LogP contribution in [0.2, 0.25) is 5.02 Å². The molecule has 2 aromatic carbocycles. The van der Waals surface area contributed by atoms with Crippen LogP contribution in [0, 0.1) is 13.8 Å². The molecule has 0 radical (unpaired) electrons. The minimum atomic E-state index is -0.956. The number of carbonyl (C=O) groups is 1. The van der Waals surface area contributed by atoms with Crippen LogP contribution in [0.5, 0.6) is 5.75 Å². The molecule has 0 spiro atoms. The number of benzene rings is 2. The van der Waals surface area contributed by atoms with Crippen molar-refractivity contribution < 1.29 is 19.1 Å². The Kier molecular flexibility index (Phi) is 6.45. The van der Waals surface area contributed by atoms with E-state index in [1.807, 2.05) is 74.5 Å². The molecule has 1 unspecified atom stereocenters. The molecule has 5 heteroatoms. The van der Waals surface area contributed by atoms with Gasteiger partial charge in [0, 0.05) is 16.1 Å². The highest BCUT2D eigenvalue weighted by molar-refractivity contribution is 6.30. The first kappa shape index (κ1) is 20.7. The molecule has 1 atom stereocenters. The number of carboxylic acid groups (broad SMARTS) is 1. The van der Waals surface area contributed by atoms with Crippen molar-refractivity contribution in [1.29, 1.82) is 0 Å². The van der Waals surface area contributed by atoms with Crippen LogP contribution in [-0.4, -0.2) is 17.2 Å². The molecule has 1 heterocycles. The number of halogens is 1. The van der Waals surface area contributed by atoms with Gasteiger partial charge in [0.1, 0.15) is 17.3 Å². The molecule has 0 aliphatic rings. The maximum atomic E-state index is 11.2. The van der Waals surface area contributed by atoms with Crippen LogP contribution in [0.4, 0.5) is 0 Å². The number of hydrogen-bond donors (Lipinski definition) is 1. The van der Waals surface area contributed by atoms with Gasteiger partial charge in [-0.2, -0.15) is 0 Å². The zero-order valence-electron chi connectivity index (χ0n) is 16.6. The molecule has 0 aliphatic heterocycles. The van der Waals surface area contributed by atoms with Crippen molar-refractivity contribution in [2.45, 2.75) is 33.3 Å². The molecule has 150 valence electrons. The standard InChI is InChI=1S/C24H23ClO4/c1-4-21(24(26)27)29-22-12-6-17(13-15(22)2)5-7-19-14-23(28-16(19)3)18-8-10-20(25)11-9-18/h5-14,21H,4H2,1-3H3,(H,26,27)/b7-5+. The Morgan fingerprint density at radius 1 is 1.14 bits per heavy atom. The molecule has 29 heavy (non-hydrogen) atoms. The Labute approximate surface area is 175 Å². The number of hydrogen-bond acceptors (Lipinski definition) is 3. The topological polar surface area (TPSA) is 59.7 Å². The van der Waals surface area contributed by atoms with Gasteiger partial charge in [0.05, 0.1) is 0 Å². The van der Waals surface area contributed by atoms with E-state index in [1.54, 1.807) is 6.92 Å². The molecule has 0 bridgehead atoms. The molecule has 0 saturated carbocycles. The van der Waals surface area contributed by atoms with Gasteiger partial charge < -0.3 is 14.3 Å². The summed E-state index contributed by atoms with van der Waals surface area (Å²) in [5.41, 5.74) is 3.84. The van der Waals surface area contributed by atoms with Gasteiger partial charge in [-0.15, -0.1) is 0 Å². The second-order valence-corrected chi connectivity index (χ2v) is 7.28. The monoisotopic (exact) mass is 410 g/mol. The van der Waals surface area contributed by atoms with Gasteiger partial charge in [-0.25, -0.2) is 4.79 Å². The third-order valence-corrected chi connectivity index (χ3v) is 4.91. The Bertz CT molecular complexity index is 1030. The summed E-state index contributed by atoms with van der Waals surface area (Å²) in [6, 6.07) is 15.2. The fraction of sp³-hybridized carbons (Fsp3) is 0.208. The van der Waals surface area contributed by atoms with Crippen LogP contribution in [0.1, 0.15) is 35.8 Å². The number of aliphatic carboxylic acids is 1. The Morgan fingerprint density at radius 3 is 2.48 bits per heavy atom. The normalized spacial score (nSPS) is 12.3. The maximum absolute atomic E-state index is 11.2. The van der Waals surface area contributed by atoms with E-state index in [-0.39, 0.29) is 0 Å². The third kappa shape index (κ3) is 5.09. The van der Waals surface area contributed by atoms with Crippen LogP contribution < -0.4 is 4.74 Å². The Hall–Kier alpha value is -2.98. The van der Waals surface area contributed by atoms with Crippen LogP contribution in [0.3, 0.4) is 0 Å². The minimum absolute atomic E-state index is 0.409. The van der Waals surface area contributed by atoms with Gasteiger partial charge in [-0.05, 0) is 73.9 Å². The lowest BCUT2D eigenvalue weighted by Gasteiger charge is -2.15. The van der Waals surface area contributed by atoms with Crippen molar-refractivity contribution in [2.24, 2.45) is 0 Å². The van der Waals surface area contributed by atoms with Gasteiger partial charge in [-0.3, -0.25) is 0 Å². The fourth-order valence-electron chi connectivity index (χ4n) is 2.97. The lowest BCUT2D eigenvalue weighted by Crippen LogP contribution is -2.26. The maximum Gasteiger partial charge on any atom is 0.344 e. The molecule has 4 nitrogen and oxygen atoms in total. The van der Waals surface area contributed by atoms with Crippen molar-refractivity contribution in [3.8, 4) is 17.1 Å². The summed E-state index contributed by atoms with van der Waals surface area (Å²) >= 11 is 5.95. The van der Waals surface area contributed by atoms with Gasteiger partial charge in [-0.1, -0.05) is 36.7 Å². The molecule has 0 aliphatic carbocycles. The van der Waals surface area contributed by atoms with E-state index < -0.39 is 12.1 Å². The Balaban J connectivity index is 1.77. The van der Waals surface area contributed by atoms with Gasteiger partial charge in [0.25, 0.3) is 0 Å². The van der Waals surface area contributed by atoms with Crippen LogP contribution in [-0.2, 0) is 4.79 Å². The molecule has 1 N–H and O–H groups in total. The van der Waals surface area contributed by atoms with Crippen molar-refractivity contribution in [3.63, 3.8) is 0 Å². The molecular formula is C24H23ClO4. The van der Waals surface area contributed by atoms with E-state index >= 15 is 0 Å². The number of ether oxygens (including phenoxy) is 1. The fourth-order valence-corrected chi connectivity index (χ4v) is 3.10. The van der Waals surface area contributed by atoms with E-state index in [1.165, 1.54) is 0 Å². The van der Waals surface area contributed by atoms with E-state index in [0.717, 1.165) is 33.8 Å². The number of furan rings is 1. The van der Waals surface area contributed by atoms with E-state index in [9.17, 15) is 4.79 Å². The van der Waals surface area contributed by atoms with Crippen LogP contribution >= 0.6 is 11.6 Å². The summed E-state index contributed by atoms with van der Waals surface area (Å²) in [7, 11) is 0. The number of carboxylic acids is 1. The lowest BCUT2D eigenvalue weighted by atomic mass is 10.1. The second kappa shape index (κ2) is 9.01. The summed E-state index contributed by atoms with van der Waals surface area (Å²) in [6.07, 6.45) is 3.57. The van der Waals surface area contributed by atoms with Gasteiger partial charge in [0.15, 0.2) is 6.10 Å². The molecular weight excluding hydrogens is 388 g/mol. The van der Waals surface area contributed by atoms with E-state index in [0.29, 0.717) is 17.2 Å². The summed E-state index contributed by atoms with van der Waals surface area (Å²) in [4.78, 5) is 11.2. The SMILES string of the molecule is CCC(Oc1ccc(/C=C/c2cc(-c3ccc(Cl)cc3)oc2C)cc1C)C(=O)O. The van der Waals surface area contributed by atoms with Crippen molar-refractivity contribution in [3.05, 3.63) is 76.0 Å². The summed E-state index contributed by atoms with van der Waals surface area (Å²) in [5.74, 6) is 1.25. The predicted molar refractivity (Wildman–Crippen MR) is 116 cm³/mol. The zero-order valence-corrected chi connectivity index (χ0v) is 17.4. The summed E-state index contributed by atoms with van der Waals surface area (Å²) in [6.45, 7) is 5.62. The summed E-state index contributed by atoms with van der Waals surface area (Å²) < 4.78 is 11.5. The van der Waals surface area contributed by atoms with Crippen molar-refractivity contribution >= 4 is 29.7 Å². The Morgan fingerprint density at radius 2 is 1.86 bits per heavy atom. The van der Waals surface area contributed by atoms with Crippen molar-refractivity contribution in [1.82, 2.24) is 0 Å². The molecule has 0 fully saturated rings. The average Bonchev–Trinajstić information content (AvgIpc) is 3.06. The first-order chi connectivity index (χ1) is 13.9. The second-order valence-electron chi connectivity index (χ2n) is 6.84. The molecule has 0 saturated heterocycles. The van der Waals surface area contributed by atoms with Crippen molar-refractivity contribution in [2.75, 3.05) is 0 Å². The van der Waals surface area contributed by atoms with E-state index in [2.05, 4.69) is 0 Å². The first-order valence-corrected chi connectivity index (χ1v) is 9.79.